The van der Waals surface area contributed by atoms with Crippen LogP contribution in [-0.4, -0.2) is 47.3 Å². The number of amides is 2. The van der Waals surface area contributed by atoms with Crippen molar-refractivity contribution in [2.45, 2.75) is 52.0 Å². The zero-order valence-electron chi connectivity index (χ0n) is 15.5. The van der Waals surface area contributed by atoms with E-state index in [0.717, 1.165) is 51.7 Å². The lowest BCUT2D eigenvalue weighted by atomic mass is 9.93. The van der Waals surface area contributed by atoms with Gasteiger partial charge in [0, 0.05) is 37.5 Å². The monoisotopic (exact) mass is 342 g/mol. The van der Waals surface area contributed by atoms with E-state index in [-0.39, 0.29) is 17.7 Å². The number of nitrogens with zero attached hydrogens (tertiary/aromatic N) is 2. The van der Waals surface area contributed by atoms with Crippen LogP contribution >= 0.6 is 0 Å². The summed E-state index contributed by atoms with van der Waals surface area (Å²) in [7, 11) is 0. The molecule has 0 bridgehead atoms. The summed E-state index contributed by atoms with van der Waals surface area (Å²) in [6.07, 6.45) is 4.79. The van der Waals surface area contributed by atoms with E-state index in [1.807, 2.05) is 24.8 Å². The average molecular weight is 342 g/mol. The molecule has 2 heterocycles. The van der Waals surface area contributed by atoms with Crippen molar-refractivity contribution in [3.8, 4) is 0 Å². The van der Waals surface area contributed by atoms with Gasteiger partial charge in [-0.15, -0.1) is 0 Å². The second-order valence-electron chi connectivity index (χ2n) is 7.77. The van der Waals surface area contributed by atoms with Crippen molar-refractivity contribution in [2.24, 2.45) is 11.8 Å². The number of hydrogen-bond donors (Lipinski definition) is 0. The first-order chi connectivity index (χ1) is 12.1. The molecule has 0 aliphatic carbocycles. The predicted octanol–water partition coefficient (Wildman–Crippen LogP) is 3.11. The summed E-state index contributed by atoms with van der Waals surface area (Å²) in [5.41, 5.74) is 1.31. The molecule has 1 atom stereocenters. The molecule has 25 heavy (non-hydrogen) atoms. The van der Waals surface area contributed by atoms with Crippen molar-refractivity contribution in [1.82, 2.24) is 9.80 Å². The quantitative estimate of drug-likeness (QED) is 0.843. The van der Waals surface area contributed by atoms with Gasteiger partial charge >= 0.3 is 0 Å². The lowest BCUT2D eigenvalue weighted by molar-refractivity contribution is -0.142. The minimum Gasteiger partial charge on any atom is -0.342 e. The number of hydrogen-bond acceptors (Lipinski definition) is 2. The van der Waals surface area contributed by atoms with Crippen molar-refractivity contribution < 1.29 is 9.59 Å². The molecule has 0 saturated carbocycles. The van der Waals surface area contributed by atoms with E-state index in [1.165, 1.54) is 5.56 Å². The number of carbonyl (C=O) groups excluding carboxylic acids is 2. The van der Waals surface area contributed by atoms with Gasteiger partial charge in [-0.1, -0.05) is 44.2 Å². The number of likely N-dealkylation sites (tertiary alicyclic amines) is 2. The minimum absolute atomic E-state index is 0.0427. The summed E-state index contributed by atoms with van der Waals surface area (Å²) in [5, 5.41) is 0. The van der Waals surface area contributed by atoms with Crippen LogP contribution in [0, 0.1) is 11.8 Å². The Labute approximate surface area is 151 Å². The van der Waals surface area contributed by atoms with Crippen LogP contribution in [-0.2, 0) is 16.0 Å². The van der Waals surface area contributed by atoms with Gasteiger partial charge in [0.25, 0.3) is 0 Å². The molecular formula is C21H30N2O2. The second-order valence-corrected chi connectivity index (χ2v) is 7.77. The van der Waals surface area contributed by atoms with Gasteiger partial charge in [0.15, 0.2) is 0 Å². The van der Waals surface area contributed by atoms with Gasteiger partial charge in [0.1, 0.15) is 0 Å². The fraction of sp³-hybridized carbons (Fsp3) is 0.619. The third-order valence-corrected chi connectivity index (χ3v) is 5.62. The predicted molar refractivity (Wildman–Crippen MR) is 99.0 cm³/mol. The first-order valence-corrected chi connectivity index (χ1v) is 9.69. The van der Waals surface area contributed by atoms with Gasteiger partial charge in [-0.05, 0) is 37.7 Å². The van der Waals surface area contributed by atoms with Crippen LogP contribution in [0.25, 0.3) is 0 Å². The molecular weight excluding hydrogens is 312 g/mol. The summed E-state index contributed by atoms with van der Waals surface area (Å²) in [4.78, 5) is 29.2. The van der Waals surface area contributed by atoms with E-state index >= 15 is 0 Å². The van der Waals surface area contributed by atoms with Crippen molar-refractivity contribution in [1.29, 1.82) is 0 Å². The van der Waals surface area contributed by atoms with Gasteiger partial charge in [-0.25, -0.2) is 0 Å². The third kappa shape index (κ3) is 4.23. The van der Waals surface area contributed by atoms with Crippen LogP contribution in [0.1, 0.15) is 45.1 Å². The molecule has 4 heteroatoms. The zero-order valence-corrected chi connectivity index (χ0v) is 15.5. The summed E-state index contributed by atoms with van der Waals surface area (Å²) < 4.78 is 0. The van der Waals surface area contributed by atoms with Crippen molar-refractivity contribution in [3.05, 3.63) is 35.9 Å². The maximum Gasteiger partial charge on any atom is 0.226 e. The Balaban J connectivity index is 1.56. The number of rotatable bonds is 4. The molecule has 0 radical (unpaired) electrons. The molecule has 0 N–H and O–H groups in total. The number of benzene rings is 1. The molecule has 2 aliphatic heterocycles. The Kier molecular flexibility index (Phi) is 5.77. The average Bonchev–Trinajstić information content (AvgIpc) is 3.09. The maximum absolute atomic E-state index is 13.0. The molecule has 1 aromatic rings. The first-order valence-electron chi connectivity index (χ1n) is 9.69. The molecule has 1 aromatic carbocycles. The van der Waals surface area contributed by atoms with Crippen LogP contribution in [0.2, 0.25) is 0 Å². The van der Waals surface area contributed by atoms with Crippen LogP contribution in [0.5, 0.6) is 0 Å². The van der Waals surface area contributed by atoms with Gasteiger partial charge in [0.2, 0.25) is 11.8 Å². The van der Waals surface area contributed by atoms with E-state index in [2.05, 4.69) is 29.2 Å². The highest BCUT2D eigenvalue weighted by Gasteiger charge is 2.35. The van der Waals surface area contributed by atoms with Gasteiger partial charge < -0.3 is 9.80 Å². The molecule has 3 rings (SSSR count). The van der Waals surface area contributed by atoms with E-state index in [9.17, 15) is 9.59 Å². The maximum atomic E-state index is 13.0. The molecule has 0 aromatic heterocycles. The molecule has 2 fully saturated rings. The van der Waals surface area contributed by atoms with E-state index < -0.39 is 0 Å². The summed E-state index contributed by atoms with van der Waals surface area (Å²) in [5.74, 6) is 0.665. The third-order valence-electron chi connectivity index (χ3n) is 5.62. The van der Waals surface area contributed by atoms with Gasteiger partial charge in [-0.2, -0.15) is 0 Å². The Bertz CT molecular complexity index is 591. The Morgan fingerprint density at radius 2 is 1.72 bits per heavy atom. The first kappa shape index (κ1) is 18.0. The molecule has 4 nitrogen and oxygen atoms in total. The van der Waals surface area contributed by atoms with E-state index in [0.29, 0.717) is 11.9 Å². The lowest BCUT2D eigenvalue weighted by Crippen LogP contribution is -2.46. The second kappa shape index (κ2) is 8.03. The topological polar surface area (TPSA) is 40.6 Å². The summed E-state index contributed by atoms with van der Waals surface area (Å²) >= 11 is 0. The Hall–Kier alpha value is -1.84. The highest BCUT2D eigenvalue weighted by Crippen LogP contribution is 2.27. The van der Waals surface area contributed by atoms with E-state index in [1.54, 1.807) is 0 Å². The molecule has 2 aliphatic rings. The van der Waals surface area contributed by atoms with Gasteiger partial charge in [-0.3, -0.25) is 9.59 Å². The lowest BCUT2D eigenvalue weighted by Gasteiger charge is -2.35. The zero-order chi connectivity index (χ0) is 17.8. The van der Waals surface area contributed by atoms with Crippen molar-refractivity contribution >= 4 is 11.8 Å². The highest BCUT2D eigenvalue weighted by molar-refractivity contribution is 5.81. The SMILES string of the molecule is CC(C)C(=O)N1CCC(C(=O)N2CCCC2Cc2ccccc2)CC1. The molecule has 0 spiro atoms. The Morgan fingerprint density at radius 3 is 2.36 bits per heavy atom. The Morgan fingerprint density at radius 1 is 1.04 bits per heavy atom. The van der Waals surface area contributed by atoms with Crippen LogP contribution < -0.4 is 0 Å². The normalized spacial score (nSPS) is 21.8. The van der Waals surface area contributed by atoms with E-state index in [4.69, 9.17) is 0 Å². The summed E-state index contributed by atoms with van der Waals surface area (Å²) in [6.45, 7) is 6.23. The number of carbonyl (C=O) groups is 2. The largest absolute Gasteiger partial charge is 0.342 e. The van der Waals surface area contributed by atoms with Crippen LogP contribution in [0.15, 0.2) is 30.3 Å². The molecule has 2 saturated heterocycles. The highest BCUT2D eigenvalue weighted by atomic mass is 16.2. The standard InChI is InChI=1S/C21H30N2O2/c1-16(2)20(24)22-13-10-18(11-14-22)21(25)23-12-6-9-19(23)15-17-7-4-3-5-8-17/h3-5,7-8,16,18-19H,6,9-15H2,1-2H3. The molecule has 136 valence electrons. The molecule has 2 amide bonds. The van der Waals surface area contributed by atoms with Gasteiger partial charge in [0.05, 0.1) is 0 Å². The fourth-order valence-electron chi connectivity index (χ4n) is 4.17. The smallest absolute Gasteiger partial charge is 0.226 e. The fourth-order valence-corrected chi connectivity index (χ4v) is 4.17. The number of piperidine rings is 1. The molecule has 1 unspecified atom stereocenters. The van der Waals surface area contributed by atoms with Crippen molar-refractivity contribution in [3.63, 3.8) is 0 Å². The van der Waals surface area contributed by atoms with Crippen LogP contribution in [0.4, 0.5) is 0 Å². The minimum atomic E-state index is 0.0427. The van der Waals surface area contributed by atoms with Crippen LogP contribution in [0.3, 0.4) is 0 Å². The van der Waals surface area contributed by atoms with Crippen molar-refractivity contribution in [2.75, 3.05) is 19.6 Å². The summed E-state index contributed by atoms with van der Waals surface area (Å²) in [6, 6.07) is 10.8.